The van der Waals surface area contributed by atoms with Crippen molar-refractivity contribution in [2.24, 2.45) is 11.8 Å². The van der Waals surface area contributed by atoms with Crippen molar-refractivity contribution in [2.75, 3.05) is 24.7 Å². The largest absolute Gasteiger partial charge is 0.493 e. The van der Waals surface area contributed by atoms with E-state index in [-0.39, 0.29) is 0 Å². The standard InChI is InChI=1S/C39H44N2O2/c40-31-15-21-35-36-22-16-32(41)24-38(36)39(37(35)23-31,29-11-17-33(18-12-29)42-25-27-7-3-1-4-8-27)30-13-19-34(20-14-30)43-26-28-9-5-2-6-10-28/h11-24,27-28H,1-10,25-26,40-41H2. The summed E-state index contributed by atoms with van der Waals surface area (Å²) in [5.41, 5.74) is 21.0. The van der Waals surface area contributed by atoms with Gasteiger partial charge in [-0.2, -0.15) is 0 Å². The summed E-state index contributed by atoms with van der Waals surface area (Å²) in [6.07, 6.45) is 13.1. The van der Waals surface area contributed by atoms with E-state index in [1.165, 1.54) is 97.6 Å². The monoisotopic (exact) mass is 572 g/mol. The van der Waals surface area contributed by atoms with E-state index in [0.29, 0.717) is 11.8 Å². The summed E-state index contributed by atoms with van der Waals surface area (Å²) in [6, 6.07) is 30.1. The van der Waals surface area contributed by atoms with E-state index < -0.39 is 5.41 Å². The first kappa shape index (κ1) is 27.9. The molecular formula is C39H44N2O2. The van der Waals surface area contributed by atoms with Gasteiger partial charge in [-0.05, 0) is 119 Å². The van der Waals surface area contributed by atoms with Crippen LogP contribution < -0.4 is 20.9 Å². The average Bonchev–Trinajstić information content (AvgIpc) is 3.33. The minimum Gasteiger partial charge on any atom is -0.493 e. The average molecular weight is 573 g/mol. The van der Waals surface area contributed by atoms with Crippen LogP contribution in [-0.2, 0) is 5.41 Å². The number of fused-ring (bicyclic) bond motifs is 3. The summed E-state index contributed by atoms with van der Waals surface area (Å²) in [5.74, 6) is 3.18. The van der Waals surface area contributed by atoms with Crippen molar-refractivity contribution in [2.45, 2.75) is 69.6 Å². The molecule has 4 nitrogen and oxygen atoms in total. The van der Waals surface area contributed by atoms with Gasteiger partial charge in [0.1, 0.15) is 11.5 Å². The van der Waals surface area contributed by atoms with Gasteiger partial charge in [0.05, 0.1) is 18.6 Å². The van der Waals surface area contributed by atoms with E-state index in [1.807, 2.05) is 12.1 Å². The molecule has 0 amide bonds. The highest BCUT2D eigenvalue weighted by Crippen LogP contribution is 2.57. The van der Waals surface area contributed by atoms with Crippen molar-refractivity contribution in [3.63, 3.8) is 0 Å². The van der Waals surface area contributed by atoms with Crippen LogP contribution in [0.1, 0.15) is 86.5 Å². The molecular weight excluding hydrogens is 528 g/mol. The molecule has 3 aliphatic carbocycles. The highest BCUT2D eigenvalue weighted by Gasteiger charge is 2.46. The van der Waals surface area contributed by atoms with Gasteiger partial charge >= 0.3 is 0 Å². The van der Waals surface area contributed by atoms with Crippen molar-refractivity contribution < 1.29 is 9.47 Å². The quantitative estimate of drug-likeness (QED) is 0.182. The fraction of sp³-hybridized carbons (Fsp3) is 0.385. The molecule has 4 N–H and O–H groups in total. The number of anilines is 2. The maximum Gasteiger partial charge on any atom is 0.119 e. The van der Waals surface area contributed by atoms with Crippen LogP contribution in [0.25, 0.3) is 11.1 Å². The lowest BCUT2D eigenvalue weighted by Crippen LogP contribution is -2.29. The molecule has 4 heteroatoms. The van der Waals surface area contributed by atoms with Crippen molar-refractivity contribution >= 4 is 11.4 Å². The van der Waals surface area contributed by atoms with Crippen LogP contribution in [0.2, 0.25) is 0 Å². The second-order valence-corrected chi connectivity index (χ2v) is 13.0. The first-order chi connectivity index (χ1) is 21.1. The number of nitrogen functional groups attached to an aromatic ring is 2. The number of rotatable bonds is 8. The molecule has 2 saturated carbocycles. The lowest BCUT2D eigenvalue weighted by atomic mass is 9.67. The summed E-state index contributed by atoms with van der Waals surface area (Å²) in [6.45, 7) is 1.59. The molecule has 4 aromatic rings. The Hall–Kier alpha value is -3.92. The Morgan fingerprint density at radius 1 is 0.512 bits per heavy atom. The Balaban J connectivity index is 1.27. The van der Waals surface area contributed by atoms with E-state index in [0.717, 1.165) is 36.1 Å². The third-order valence-corrected chi connectivity index (χ3v) is 10.2. The Kier molecular flexibility index (Phi) is 7.78. The van der Waals surface area contributed by atoms with Gasteiger partial charge in [0.25, 0.3) is 0 Å². The van der Waals surface area contributed by atoms with Crippen LogP contribution in [0.5, 0.6) is 11.5 Å². The Morgan fingerprint density at radius 2 is 0.907 bits per heavy atom. The molecule has 4 aromatic carbocycles. The lowest BCUT2D eigenvalue weighted by molar-refractivity contribution is 0.209. The highest BCUT2D eigenvalue weighted by atomic mass is 16.5. The summed E-state index contributed by atoms with van der Waals surface area (Å²) in [7, 11) is 0. The molecule has 2 fully saturated rings. The minimum atomic E-state index is -0.570. The Labute approximate surface area is 256 Å². The van der Waals surface area contributed by atoms with E-state index in [1.54, 1.807) is 0 Å². The molecule has 7 rings (SSSR count). The van der Waals surface area contributed by atoms with Gasteiger partial charge in [-0.3, -0.25) is 0 Å². The van der Waals surface area contributed by atoms with Crippen LogP contribution in [-0.4, -0.2) is 13.2 Å². The lowest BCUT2D eigenvalue weighted by Gasteiger charge is -2.34. The zero-order chi connectivity index (χ0) is 29.2. The van der Waals surface area contributed by atoms with Crippen LogP contribution in [0.15, 0.2) is 84.9 Å². The van der Waals surface area contributed by atoms with E-state index in [9.17, 15) is 0 Å². The van der Waals surface area contributed by atoms with E-state index >= 15 is 0 Å². The number of hydrogen-bond donors (Lipinski definition) is 2. The van der Waals surface area contributed by atoms with Gasteiger partial charge < -0.3 is 20.9 Å². The zero-order valence-electron chi connectivity index (χ0n) is 25.2. The van der Waals surface area contributed by atoms with Crippen LogP contribution in [0.3, 0.4) is 0 Å². The predicted molar refractivity (Wildman–Crippen MR) is 177 cm³/mol. The maximum atomic E-state index is 6.48. The van der Waals surface area contributed by atoms with Gasteiger partial charge in [-0.15, -0.1) is 0 Å². The van der Waals surface area contributed by atoms with Gasteiger partial charge in [0.2, 0.25) is 0 Å². The molecule has 43 heavy (non-hydrogen) atoms. The molecule has 0 aromatic heterocycles. The molecule has 0 spiro atoms. The normalized spacial score (nSPS) is 18.1. The highest BCUT2D eigenvalue weighted by molar-refractivity contribution is 5.88. The predicted octanol–water partition coefficient (Wildman–Crippen LogP) is 9.13. The Bertz CT molecular complexity index is 1430. The molecule has 3 aliphatic rings. The number of hydrogen-bond acceptors (Lipinski definition) is 4. The van der Waals surface area contributed by atoms with Crippen LogP contribution in [0, 0.1) is 11.8 Å². The fourth-order valence-electron chi connectivity index (χ4n) is 7.89. The van der Waals surface area contributed by atoms with Crippen molar-refractivity contribution in [3.8, 4) is 22.6 Å². The summed E-state index contributed by atoms with van der Waals surface area (Å²) >= 11 is 0. The fourth-order valence-corrected chi connectivity index (χ4v) is 7.89. The first-order valence-corrected chi connectivity index (χ1v) is 16.4. The van der Waals surface area contributed by atoms with Gasteiger partial charge in [0, 0.05) is 11.4 Å². The summed E-state index contributed by atoms with van der Waals surface area (Å²) in [5, 5.41) is 0. The van der Waals surface area contributed by atoms with Gasteiger partial charge in [-0.1, -0.05) is 74.9 Å². The molecule has 0 unspecified atom stereocenters. The third kappa shape index (κ3) is 5.37. The van der Waals surface area contributed by atoms with E-state index in [2.05, 4.69) is 72.8 Å². The third-order valence-electron chi connectivity index (χ3n) is 10.2. The molecule has 222 valence electrons. The van der Waals surface area contributed by atoms with E-state index in [4.69, 9.17) is 20.9 Å². The van der Waals surface area contributed by atoms with Crippen molar-refractivity contribution in [1.82, 2.24) is 0 Å². The van der Waals surface area contributed by atoms with Crippen molar-refractivity contribution in [1.29, 1.82) is 0 Å². The smallest absolute Gasteiger partial charge is 0.119 e. The molecule has 0 bridgehead atoms. The first-order valence-electron chi connectivity index (χ1n) is 16.4. The SMILES string of the molecule is Nc1ccc2c(c1)C(c1ccc(OCC3CCCCC3)cc1)(c1ccc(OCC3CCCCC3)cc1)c1cc(N)ccc1-2. The maximum absolute atomic E-state index is 6.48. The minimum absolute atomic E-state index is 0.570. The molecule has 0 heterocycles. The number of nitrogens with two attached hydrogens (primary N) is 2. The van der Waals surface area contributed by atoms with Gasteiger partial charge in [-0.25, -0.2) is 0 Å². The molecule has 0 atom stereocenters. The van der Waals surface area contributed by atoms with Crippen LogP contribution >= 0.6 is 0 Å². The summed E-state index contributed by atoms with van der Waals surface area (Å²) in [4.78, 5) is 0. The van der Waals surface area contributed by atoms with Crippen molar-refractivity contribution in [3.05, 3.63) is 107 Å². The number of ether oxygens (including phenoxy) is 2. The topological polar surface area (TPSA) is 70.5 Å². The zero-order valence-corrected chi connectivity index (χ0v) is 25.2. The summed E-state index contributed by atoms with van der Waals surface area (Å²) < 4.78 is 12.6. The second kappa shape index (κ2) is 12.0. The van der Waals surface area contributed by atoms with Gasteiger partial charge in [0.15, 0.2) is 0 Å². The number of benzene rings is 4. The Morgan fingerprint density at radius 3 is 1.30 bits per heavy atom. The molecule has 0 saturated heterocycles. The second-order valence-electron chi connectivity index (χ2n) is 13.0. The molecule has 0 aliphatic heterocycles. The van der Waals surface area contributed by atoms with Crippen LogP contribution in [0.4, 0.5) is 11.4 Å². The molecule has 0 radical (unpaired) electrons.